The third-order valence-corrected chi connectivity index (χ3v) is 4.88. The molecular weight excluding hydrogens is 280 g/mol. The van der Waals surface area contributed by atoms with Gasteiger partial charge < -0.3 is 15.5 Å². The summed E-state index contributed by atoms with van der Waals surface area (Å²) in [6, 6.07) is 7.94. The van der Waals surface area contributed by atoms with Gasteiger partial charge in [-0.2, -0.15) is 0 Å². The second-order valence-electron chi connectivity index (χ2n) is 5.65. The average molecular weight is 302 g/mol. The number of piperazine rings is 1. The van der Waals surface area contributed by atoms with E-state index in [1.54, 1.807) is 11.3 Å². The molecule has 1 aliphatic heterocycles. The van der Waals surface area contributed by atoms with Crippen molar-refractivity contribution in [1.82, 2.24) is 14.8 Å². The van der Waals surface area contributed by atoms with Crippen LogP contribution in [0.15, 0.2) is 29.6 Å². The van der Waals surface area contributed by atoms with E-state index in [9.17, 15) is 0 Å². The minimum atomic E-state index is 0.791. The Bertz CT molecular complexity index is 587. The predicted molar refractivity (Wildman–Crippen MR) is 89.6 cm³/mol. The number of aromatic nitrogens is 1. The lowest BCUT2D eigenvalue weighted by atomic mass is 10.1. The molecule has 1 aliphatic rings. The van der Waals surface area contributed by atoms with Crippen molar-refractivity contribution in [2.45, 2.75) is 6.42 Å². The van der Waals surface area contributed by atoms with Crippen LogP contribution in [0.5, 0.6) is 0 Å². The van der Waals surface area contributed by atoms with Gasteiger partial charge in [0.05, 0.1) is 10.7 Å². The molecule has 21 heavy (non-hydrogen) atoms. The molecule has 2 aromatic rings. The lowest BCUT2D eigenvalue weighted by Gasteiger charge is -2.32. The Kier molecular flexibility index (Phi) is 4.53. The number of rotatable bonds is 4. The second-order valence-corrected chi connectivity index (χ2v) is 6.59. The zero-order chi connectivity index (χ0) is 14.7. The van der Waals surface area contributed by atoms with Gasteiger partial charge in [-0.15, -0.1) is 11.3 Å². The Hall–Kier alpha value is -1.43. The van der Waals surface area contributed by atoms with Crippen molar-refractivity contribution in [1.29, 1.82) is 0 Å². The maximum atomic E-state index is 5.84. The van der Waals surface area contributed by atoms with Gasteiger partial charge in [0.25, 0.3) is 0 Å². The molecular formula is C16H22N4S. The third kappa shape index (κ3) is 3.81. The van der Waals surface area contributed by atoms with E-state index in [2.05, 4.69) is 28.3 Å². The molecule has 0 saturated carbocycles. The lowest BCUT2D eigenvalue weighted by molar-refractivity contribution is 0.155. The van der Waals surface area contributed by atoms with E-state index in [-0.39, 0.29) is 0 Å². The quantitative estimate of drug-likeness (QED) is 0.879. The van der Waals surface area contributed by atoms with Crippen molar-refractivity contribution in [2.75, 3.05) is 45.5 Å². The van der Waals surface area contributed by atoms with Crippen molar-refractivity contribution in [3.63, 3.8) is 0 Å². The molecule has 1 aromatic carbocycles. The molecule has 1 fully saturated rings. The summed E-state index contributed by atoms with van der Waals surface area (Å²) >= 11 is 1.75. The fourth-order valence-corrected chi connectivity index (χ4v) is 3.38. The molecule has 112 valence electrons. The van der Waals surface area contributed by atoms with Gasteiger partial charge in [0.15, 0.2) is 0 Å². The third-order valence-electron chi connectivity index (χ3n) is 3.97. The molecule has 4 nitrogen and oxygen atoms in total. The fraction of sp³-hybridized carbons (Fsp3) is 0.438. The first kappa shape index (κ1) is 14.5. The van der Waals surface area contributed by atoms with E-state index in [4.69, 9.17) is 10.7 Å². The average Bonchev–Trinajstić information content (AvgIpc) is 2.96. The SMILES string of the molecule is CN1CCN(CCc2nc(-c3cccc(N)c3)cs2)CC1. The number of anilines is 1. The molecule has 2 heterocycles. The van der Waals surface area contributed by atoms with E-state index in [1.165, 1.54) is 31.2 Å². The van der Waals surface area contributed by atoms with Gasteiger partial charge in [-0.25, -0.2) is 4.98 Å². The first-order valence-electron chi connectivity index (χ1n) is 7.42. The summed E-state index contributed by atoms with van der Waals surface area (Å²) < 4.78 is 0. The monoisotopic (exact) mass is 302 g/mol. The predicted octanol–water partition coefficient (Wildman–Crippen LogP) is 2.18. The van der Waals surface area contributed by atoms with Crippen molar-refractivity contribution in [3.8, 4) is 11.3 Å². The first-order chi connectivity index (χ1) is 10.2. The van der Waals surface area contributed by atoms with Gasteiger partial charge in [0.2, 0.25) is 0 Å². The van der Waals surface area contributed by atoms with Gasteiger partial charge in [-0.3, -0.25) is 0 Å². The minimum absolute atomic E-state index is 0.791. The summed E-state index contributed by atoms with van der Waals surface area (Å²) in [4.78, 5) is 9.66. The minimum Gasteiger partial charge on any atom is -0.399 e. The normalized spacial score (nSPS) is 17.2. The largest absolute Gasteiger partial charge is 0.399 e. The smallest absolute Gasteiger partial charge is 0.0945 e. The van der Waals surface area contributed by atoms with Crippen LogP contribution < -0.4 is 5.73 Å². The Balaban J connectivity index is 1.58. The van der Waals surface area contributed by atoms with Crippen molar-refractivity contribution in [3.05, 3.63) is 34.7 Å². The highest BCUT2D eigenvalue weighted by atomic mass is 32.1. The number of nitrogens with two attached hydrogens (primary N) is 1. The topological polar surface area (TPSA) is 45.4 Å². The summed E-state index contributed by atoms with van der Waals surface area (Å²) in [6.45, 7) is 5.80. The molecule has 1 saturated heterocycles. The summed E-state index contributed by atoms with van der Waals surface area (Å²) in [7, 11) is 2.19. The number of benzene rings is 1. The zero-order valence-electron chi connectivity index (χ0n) is 12.5. The Labute approximate surface area is 130 Å². The summed E-state index contributed by atoms with van der Waals surface area (Å²) in [6.07, 6.45) is 1.04. The fourth-order valence-electron chi connectivity index (χ4n) is 2.58. The van der Waals surface area contributed by atoms with Crippen LogP contribution in [0.25, 0.3) is 11.3 Å². The Morgan fingerprint density at radius 1 is 1.24 bits per heavy atom. The van der Waals surface area contributed by atoms with Crippen molar-refractivity contribution >= 4 is 17.0 Å². The second kappa shape index (κ2) is 6.56. The van der Waals surface area contributed by atoms with Gasteiger partial charge in [-0.05, 0) is 19.2 Å². The van der Waals surface area contributed by atoms with Crippen molar-refractivity contribution in [2.24, 2.45) is 0 Å². The first-order valence-corrected chi connectivity index (χ1v) is 8.30. The Morgan fingerprint density at radius 3 is 2.81 bits per heavy atom. The number of likely N-dealkylation sites (N-methyl/N-ethyl adjacent to an activating group) is 1. The lowest BCUT2D eigenvalue weighted by Crippen LogP contribution is -2.45. The maximum Gasteiger partial charge on any atom is 0.0945 e. The number of hydrogen-bond donors (Lipinski definition) is 1. The van der Waals surface area contributed by atoms with Crippen LogP contribution in [0.3, 0.4) is 0 Å². The zero-order valence-corrected chi connectivity index (χ0v) is 13.3. The van der Waals surface area contributed by atoms with Crippen LogP contribution in [0.4, 0.5) is 5.69 Å². The van der Waals surface area contributed by atoms with E-state index >= 15 is 0 Å². The van der Waals surface area contributed by atoms with Gasteiger partial charge in [0.1, 0.15) is 0 Å². The molecule has 3 rings (SSSR count). The highest BCUT2D eigenvalue weighted by Gasteiger charge is 2.14. The van der Waals surface area contributed by atoms with E-state index in [1.807, 2.05) is 18.2 Å². The molecule has 0 spiro atoms. The summed E-state index contributed by atoms with van der Waals surface area (Å²) in [5.41, 5.74) is 8.78. The molecule has 0 amide bonds. The molecule has 0 unspecified atom stereocenters. The number of nitrogens with zero attached hydrogens (tertiary/aromatic N) is 3. The molecule has 1 aromatic heterocycles. The van der Waals surface area contributed by atoms with Crippen molar-refractivity contribution < 1.29 is 0 Å². The molecule has 2 N–H and O–H groups in total. The van der Waals surface area contributed by atoms with Crippen LogP contribution in [-0.4, -0.2) is 54.6 Å². The van der Waals surface area contributed by atoms with Crippen LogP contribution in [0.1, 0.15) is 5.01 Å². The molecule has 0 atom stereocenters. The maximum absolute atomic E-state index is 5.84. The summed E-state index contributed by atoms with van der Waals surface area (Å²) in [5, 5.41) is 3.35. The molecule has 5 heteroatoms. The van der Waals surface area contributed by atoms with E-state index in [0.717, 1.165) is 29.9 Å². The van der Waals surface area contributed by atoms with Crippen LogP contribution >= 0.6 is 11.3 Å². The van der Waals surface area contributed by atoms with Gasteiger partial charge >= 0.3 is 0 Å². The number of hydrogen-bond acceptors (Lipinski definition) is 5. The van der Waals surface area contributed by atoms with Gasteiger partial charge in [0, 0.05) is 55.8 Å². The van der Waals surface area contributed by atoms with E-state index in [0.29, 0.717) is 0 Å². The Morgan fingerprint density at radius 2 is 2.05 bits per heavy atom. The van der Waals surface area contributed by atoms with Gasteiger partial charge in [-0.1, -0.05) is 12.1 Å². The highest BCUT2D eigenvalue weighted by Crippen LogP contribution is 2.23. The van der Waals surface area contributed by atoms with Crippen LogP contribution in [0, 0.1) is 0 Å². The molecule has 0 aliphatic carbocycles. The van der Waals surface area contributed by atoms with Crippen LogP contribution in [0.2, 0.25) is 0 Å². The van der Waals surface area contributed by atoms with E-state index < -0.39 is 0 Å². The summed E-state index contributed by atoms with van der Waals surface area (Å²) in [5.74, 6) is 0. The standard InChI is InChI=1S/C16H22N4S/c1-19-7-9-20(10-8-19)6-5-16-18-15(12-21-16)13-3-2-4-14(17)11-13/h2-4,11-12H,5-10,17H2,1H3. The van der Waals surface area contributed by atoms with Crippen LogP contribution in [-0.2, 0) is 6.42 Å². The number of thiazole rings is 1. The molecule has 0 radical (unpaired) electrons. The number of nitrogen functional groups attached to an aromatic ring is 1. The highest BCUT2D eigenvalue weighted by molar-refractivity contribution is 7.09. The molecule has 0 bridgehead atoms.